The van der Waals surface area contributed by atoms with Crippen molar-refractivity contribution in [2.45, 2.75) is 0 Å². The van der Waals surface area contributed by atoms with Gasteiger partial charge in [-0.25, -0.2) is 4.79 Å². The van der Waals surface area contributed by atoms with Crippen molar-refractivity contribution in [2.75, 3.05) is 0 Å². The number of rotatable bonds is 3. The minimum atomic E-state index is -0.994. The van der Waals surface area contributed by atoms with Crippen LogP contribution in [-0.2, 0) is 0 Å². The predicted octanol–water partition coefficient (Wildman–Crippen LogP) is 3.46. The molecule has 0 saturated heterocycles. The molecule has 0 spiro atoms. The molecular formula is C18H10N2O5. The predicted molar refractivity (Wildman–Crippen MR) is 88.9 cm³/mol. The topological polar surface area (TPSA) is 117 Å². The Morgan fingerprint density at radius 3 is 2.24 bits per heavy atom. The van der Waals surface area contributed by atoms with Gasteiger partial charge >= 0.3 is 5.63 Å². The number of nitrogens with zero attached hydrogens (tertiary/aromatic N) is 2. The standard InChI is InChI=1S/C18H10N2O5/c19-10-14-15(11-6-8-13(9-7-11)20(23)24)16(21)18(22)25-17(14)12-4-2-1-3-5-12/h1-9,21H. The van der Waals surface area contributed by atoms with Gasteiger partial charge in [-0.3, -0.25) is 10.1 Å². The Labute approximate surface area is 141 Å². The second kappa shape index (κ2) is 6.29. The molecule has 25 heavy (non-hydrogen) atoms. The summed E-state index contributed by atoms with van der Waals surface area (Å²) in [5.74, 6) is -0.690. The number of nitro benzene ring substituents is 1. The highest BCUT2D eigenvalue weighted by atomic mass is 16.6. The van der Waals surface area contributed by atoms with Crippen LogP contribution in [0.2, 0.25) is 0 Å². The Morgan fingerprint density at radius 1 is 1.04 bits per heavy atom. The van der Waals surface area contributed by atoms with Crippen LogP contribution in [0.4, 0.5) is 5.69 Å². The lowest BCUT2D eigenvalue weighted by atomic mass is 9.97. The zero-order valence-electron chi connectivity index (χ0n) is 12.7. The van der Waals surface area contributed by atoms with Crippen molar-refractivity contribution in [1.82, 2.24) is 0 Å². The summed E-state index contributed by atoms with van der Waals surface area (Å²) in [4.78, 5) is 22.2. The lowest BCUT2D eigenvalue weighted by Gasteiger charge is -2.10. The van der Waals surface area contributed by atoms with Crippen LogP contribution in [0.15, 0.2) is 63.8 Å². The maximum atomic E-state index is 12.0. The van der Waals surface area contributed by atoms with Gasteiger partial charge in [-0.1, -0.05) is 30.3 Å². The van der Waals surface area contributed by atoms with Crippen LogP contribution >= 0.6 is 0 Å². The first-order valence-electron chi connectivity index (χ1n) is 7.13. The van der Waals surface area contributed by atoms with Gasteiger partial charge in [-0.15, -0.1) is 0 Å². The molecule has 0 aliphatic carbocycles. The number of hydrogen-bond donors (Lipinski definition) is 1. The second-order valence-corrected chi connectivity index (χ2v) is 5.10. The van der Waals surface area contributed by atoms with Crippen molar-refractivity contribution in [3.05, 3.63) is 80.7 Å². The third-order valence-corrected chi connectivity index (χ3v) is 3.62. The third kappa shape index (κ3) is 2.84. The number of aromatic hydroxyl groups is 1. The monoisotopic (exact) mass is 334 g/mol. The van der Waals surface area contributed by atoms with E-state index >= 15 is 0 Å². The number of hydrogen-bond acceptors (Lipinski definition) is 6. The van der Waals surface area contributed by atoms with E-state index in [1.54, 1.807) is 30.3 Å². The number of nitriles is 1. The fraction of sp³-hybridized carbons (Fsp3) is 0. The fourth-order valence-electron chi connectivity index (χ4n) is 2.46. The molecule has 122 valence electrons. The first-order chi connectivity index (χ1) is 12.0. The summed E-state index contributed by atoms with van der Waals surface area (Å²) in [6.07, 6.45) is 0. The molecule has 1 heterocycles. The van der Waals surface area contributed by atoms with Crippen LogP contribution in [0.25, 0.3) is 22.5 Å². The molecule has 0 amide bonds. The molecule has 2 aromatic carbocycles. The molecule has 7 nitrogen and oxygen atoms in total. The molecule has 0 fully saturated rings. The van der Waals surface area contributed by atoms with E-state index in [0.29, 0.717) is 11.1 Å². The second-order valence-electron chi connectivity index (χ2n) is 5.10. The van der Waals surface area contributed by atoms with Gasteiger partial charge in [0.05, 0.1) is 10.5 Å². The highest BCUT2D eigenvalue weighted by Crippen LogP contribution is 2.36. The number of benzene rings is 2. The molecule has 1 aromatic heterocycles. The summed E-state index contributed by atoms with van der Waals surface area (Å²) in [6, 6.07) is 15.7. The minimum Gasteiger partial charge on any atom is -0.501 e. The molecule has 0 atom stereocenters. The van der Waals surface area contributed by atoms with E-state index in [2.05, 4.69) is 0 Å². The lowest BCUT2D eigenvalue weighted by Crippen LogP contribution is -2.04. The average Bonchev–Trinajstić information content (AvgIpc) is 2.64. The van der Waals surface area contributed by atoms with Crippen LogP contribution in [-0.4, -0.2) is 10.0 Å². The summed E-state index contributed by atoms with van der Waals surface area (Å²) >= 11 is 0. The largest absolute Gasteiger partial charge is 0.501 e. The van der Waals surface area contributed by atoms with E-state index in [4.69, 9.17) is 4.42 Å². The summed E-state index contributed by atoms with van der Waals surface area (Å²) < 4.78 is 5.10. The molecule has 0 radical (unpaired) electrons. The van der Waals surface area contributed by atoms with Gasteiger partial charge in [-0.05, 0) is 17.7 Å². The molecule has 0 aliphatic heterocycles. The first kappa shape index (κ1) is 16.0. The van der Waals surface area contributed by atoms with Gasteiger partial charge in [-0.2, -0.15) is 5.26 Å². The molecule has 0 unspecified atom stereocenters. The van der Waals surface area contributed by atoms with E-state index in [0.717, 1.165) is 0 Å². The quantitative estimate of drug-likeness (QED) is 0.579. The Hall–Kier alpha value is -3.92. The molecule has 0 saturated carbocycles. The summed E-state index contributed by atoms with van der Waals surface area (Å²) in [5.41, 5.74) is -0.395. The SMILES string of the molecule is N#Cc1c(-c2ccccc2)oc(=O)c(O)c1-c1ccc([N+](=O)[O-])cc1. The Kier molecular flexibility index (Phi) is 4.02. The maximum absolute atomic E-state index is 12.0. The van der Waals surface area contributed by atoms with E-state index in [9.17, 15) is 25.3 Å². The number of nitro groups is 1. The minimum absolute atomic E-state index is 0.0208. The molecule has 0 bridgehead atoms. The van der Waals surface area contributed by atoms with Crippen molar-refractivity contribution in [3.8, 4) is 34.3 Å². The Bertz CT molecular complexity index is 1050. The maximum Gasteiger partial charge on any atom is 0.379 e. The molecule has 3 aromatic rings. The highest BCUT2D eigenvalue weighted by Gasteiger charge is 2.22. The molecule has 0 aliphatic rings. The van der Waals surface area contributed by atoms with Crippen molar-refractivity contribution in [1.29, 1.82) is 5.26 Å². The number of non-ortho nitro benzene ring substituents is 1. The molecular weight excluding hydrogens is 324 g/mol. The van der Waals surface area contributed by atoms with Crippen LogP contribution < -0.4 is 5.63 Å². The van der Waals surface area contributed by atoms with Crippen LogP contribution in [0.5, 0.6) is 5.75 Å². The van der Waals surface area contributed by atoms with Gasteiger partial charge in [0, 0.05) is 17.7 Å². The van der Waals surface area contributed by atoms with Gasteiger partial charge in [0.2, 0.25) is 5.75 Å². The summed E-state index contributed by atoms with van der Waals surface area (Å²) in [7, 11) is 0. The highest BCUT2D eigenvalue weighted by molar-refractivity contribution is 5.82. The van der Waals surface area contributed by atoms with Gasteiger partial charge < -0.3 is 9.52 Å². The van der Waals surface area contributed by atoms with Crippen LogP contribution in [0.3, 0.4) is 0 Å². The van der Waals surface area contributed by atoms with Crippen LogP contribution in [0, 0.1) is 21.4 Å². The summed E-state index contributed by atoms with van der Waals surface area (Å²) in [5, 5.41) is 30.4. The smallest absolute Gasteiger partial charge is 0.379 e. The fourth-order valence-corrected chi connectivity index (χ4v) is 2.46. The molecule has 3 rings (SSSR count). The van der Waals surface area contributed by atoms with Gasteiger partial charge in [0.1, 0.15) is 11.6 Å². The zero-order chi connectivity index (χ0) is 18.0. The van der Waals surface area contributed by atoms with Crippen molar-refractivity contribution >= 4 is 5.69 Å². The van der Waals surface area contributed by atoms with E-state index in [1.807, 2.05) is 6.07 Å². The lowest BCUT2D eigenvalue weighted by molar-refractivity contribution is -0.384. The molecule has 7 heteroatoms. The van der Waals surface area contributed by atoms with E-state index in [-0.39, 0.29) is 22.6 Å². The van der Waals surface area contributed by atoms with E-state index in [1.165, 1.54) is 24.3 Å². The van der Waals surface area contributed by atoms with Crippen molar-refractivity contribution in [2.24, 2.45) is 0 Å². The average molecular weight is 334 g/mol. The van der Waals surface area contributed by atoms with Gasteiger partial charge in [0.15, 0.2) is 5.76 Å². The Balaban J connectivity index is 2.29. The van der Waals surface area contributed by atoms with Crippen molar-refractivity contribution < 1.29 is 14.4 Å². The normalized spacial score (nSPS) is 10.2. The van der Waals surface area contributed by atoms with Gasteiger partial charge in [0.25, 0.3) is 5.69 Å². The summed E-state index contributed by atoms with van der Waals surface area (Å²) in [6.45, 7) is 0. The zero-order valence-corrected chi connectivity index (χ0v) is 12.7. The first-order valence-corrected chi connectivity index (χ1v) is 7.13. The molecule has 1 N–H and O–H groups in total. The Morgan fingerprint density at radius 2 is 1.68 bits per heavy atom. The third-order valence-electron chi connectivity index (χ3n) is 3.62. The van der Waals surface area contributed by atoms with E-state index < -0.39 is 16.3 Å². The van der Waals surface area contributed by atoms with Crippen molar-refractivity contribution in [3.63, 3.8) is 0 Å². The van der Waals surface area contributed by atoms with Crippen LogP contribution in [0.1, 0.15) is 5.56 Å².